The van der Waals surface area contributed by atoms with E-state index in [0.29, 0.717) is 17.0 Å². The van der Waals surface area contributed by atoms with Crippen LogP contribution < -0.4 is 10.1 Å². The minimum absolute atomic E-state index is 0.127. The molecule has 0 atom stereocenters. The summed E-state index contributed by atoms with van der Waals surface area (Å²) in [7, 11) is 0. The number of carbonyl (C=O) groups excluding carboxylic acids is 1. The summed E-state index contributed by atoms with van der Waals surface area (Å²) in [4.78, 5) is 20.4. The molecule has 1 aromatic heterocycles. The number of nitriles is 1. The van der Waals surface area contributed by atoms with E-state index in [0.717, 1.165) is 42.6 Å². The molecule has 1 heterocycles. The van der Waals surface area contributed by atoms with Crippen molar-refractivity contribution in [2.75, 3.05) is 0 Å². The molecule has 0 unspecified atom stereocenters. The van der Waals surface area contributed by atoms with E-state index >= 15 is 0 Å². The van der Waals surface area contributed by atoms with Crippen molar-refractivity contribution in [2.24, 2.45) is 0 Å². The van der Waals surface area contributed by atoms with Gasteiger partial charge in [0.1, 0.15) is 11.6 Å². The topological polar surface area (TPSA) is 87.9 Å². The predicted octanol–water partition coefficient (Wildman–Crippen LogP) is 3.39. The Morgan fingerprint density at radius 1 is 1.11 bits per heavy atom. The van der Waals surface area contributed by atoms with Crippen molar-refractivity contribution in [3.63, 3.8) is 0 Å². The van der Waals surface area contributed by atoms with Gasteiger partial charge in [0.25, 0.3) is 5.91 Å². The Morgan fingerprint density at radius 3 is 2.26 bits per heavy atom. The van der Waals surface area contributed by atoms with Crippen molar-refractivity contribution in [3.8, 4) is 11.8 Å². The molecule has 0 saturated heterocycles. The SMILES string of the molecule is Cc1ncc(C(=O)NC2CCC(Oc3cc(C)c(C#N)c(C)c3)CC2)cn1. The van der Waals surface area contributed by atoms with E-state index in [1.807, 2.05) is 26.0 Å². The Balaban J connectivity index is 1.52. The molecular weight excluding hydrogens is 340 g/mol. The van der Waals surface area contributed by atoms with E-state index in [-0.39, 0.29) is 18.1 Å². The summed E-state index contributed by atoms with van der Waals surface area (Å²) >= 11 is 0. The van der Waals surface area contributed by atoms with Crippen LogP contribution in [0.1, 0.15) is 58.6 Å². The second-order valence-electron chi connectivity index (χ2n) is 7.13. The van der Waals surface area contributed by atoms with Crippen molar-refractivity contribution in [2.45, 2.75) is 58.6 Å². The third-order valence-corrected chi connectivity index (χ3v) is 4.97. The number of nitrogens with one attached hydrogen (secondary N) is 1. The van der Waals surface area contributed by atoms with Gasteiger partial charge in [-0.2, -0.15) is 5.26 Å². The molecule has 27 heavy (non-hydrogen) atoms. The standard InChI is InChI=1S/C21H24N4O2/c1-13-8-19(9-14(2)20(13)10-22)27-18-6-4-17(5-7-18)25-21(26)16-11-23-15(3)24-12-16/h8-9,11-12,17-18H,4-7H2,1-3H3,(H,25,26). The number of rotatable bonds is 4. The number of ether oxygens (including phenoxy) is 1. The second-order valence-corrected chi connectivity index (χ2v) is 7.13. The van der Waals surface area contributed by atoms with Gasteiger partial charge in [-0.3, -0.25) is 4.79 Å². The number of aryl methyl sites for hydroxylation is 3. The van der Waals surface area contributed by atoms with Gasteiger partial charge in [0.2, 0.25) is 0 Å². The van der Waals surface area contributed by atoms with Gasteiger partial charge in [-0.1, -0.05) is 0 Å². The molecule has 0 radical (unpaired) electrons. The molecular formula is C21H24N4O2. The first-order chi connectivity index (χ1) is 13.0. The van der Waals surface area contributed by atoms with Gasteiger partial charge in [-0.15, -0.1) is 0 Å². The van der Waals surface area contributed by atoms with Gasteiger partial charge in [0.15, 0.2) is 0 Å². The van der Waals surface area contributed by atoms with Crippen LogP contribution in [0.2, 0.25) is 0 Å². The van der Waals surface area contributed by atoms with Crippen LogP contribution in [-0.2, 0) is 0 Å². The zero-order valence-electron chi connectivity index (χ0n) is 16.0. The van der Waals surface area contributed by atoms with Crippen molar-refractivity contribution < 1.29 is 9.53 Å². The molecule has 140 valence electrons. The highest BCUT2D eigenvalue weighted by Gasteiger charge is 2.24. The van der Waals surface area contributed by atoms with Gasteiger partial charge < -0.3 is 10.1 Å². The zero-order valence-corrected chi connectivity index (χ0v) is 16.0. The van der Waals surface area contributed by atoms with Crippen LogP contribution in [0.4, 0.5) is 0 Å². The fraction of sp³-hybridized carbons (Fsp3) is 0.429. The van der Waals surface area contributed by atoms with Gasteiger partial charge in [0, 0.05) is 18.4 Å². The predicted molar refractivity (Wildman–Crippen MR) is 102 cm³/mol. The maximum absolute atomic E-state index is 12.3. The monoisotopic (exact) mass is 364 g/mol. The Kier molecular flexibility index (Phi) is 5.70. The highest BCUT2D eigenvalue weighted by atomic mass is 16.5. The molecule has 1 aliphatic rings. The normalized spacial score (nSPS) is 19.2. The second kappa shape index (κ2) is 8.17. The lowest BCUT2D eigenvalue weighted by Gasteiger charge is -2.29. The molecule has 6 nitrogen and oxygen atoms in total. The van der Waals surface area contributed by atoms with Gasteiger partial charge in [-0.25, -0.2) is 9.97 Å². The first-order valence-corrected chi connectivity index (χ1v) is 9.23. The molecule has 0 bridgehead atoms. The Labute approximate surface area is 159 Å². The van der Waals surface area contributed by atoms with Crippen molar-refractivity contribution >= 4 is 5.91 Å². The molecule has 1 aromatic carbocycles. The molecule has 1 amide bonds. The average molecular weight is 364 g/mol. The smallest absolute Gasteiger partial charge is 0.254 e. The van der Waals surface area contributed by atoms with E-state index in [1.165, 1.54) is 0 Å². The lowest BCUT2D eigenvalue weighted by Crippen LogP contribution is -2.39. The van der Waals surface area contributed by atoms with Crippen molar-refractivity contribution in [1.82, 2.24) is 15.3 Å². The number of aromatic nitrogens is 2. The van der Waals surface area contributed by atoms with Crippen LogP contribution in [0.25, 0.3) is 0 Å². The average Bonchev–Trinajstić information content (AvgIpc) is 2.63. The minimum Gasteiger partial charge on any atom is -0.490 e. The summed E-state index contributed by atoms with van der Waals surface area (Å²) in [6, 6.07) is 6.23. The van der Waals surface area contributed by atoms with E-state index in [2.05, 4.69) is 21.4 Å². The van der Waals surface area contributed by atoms with Gasteiger partial charge in [0.05, 0.1) is 23.3 Å². The summed E-state index contributed by atoms with van der Waals surface area (Å²) in [6.45, 7) is 5.65. The van der Waals surface area contributed by atoms with Crippen LogP contribution in [0, 0.1) is 32.1 Å². The number of amides is 1. The molecule has 1 N–H and O–H groups in total. The van der Waals surface area contributed by atoms with Gasteiger partial charge in [-0.05, 0) is 69.7 Å². The number of hydrogen-bond donors (Lipinski definition) is 1. The van der Waals surface area contributed by atoms with Crippen molar-refractivity contribution in [1.29, 1.82) is 5.26 Å². The number of carbonyl (C=O) groups is 1. The third kappa shape index (κ3) is 4.62. The molecule has 3 rings (SSSR count). The largest absolute Gasteiger partial charge is 0.490 e. The first kappa shape index (κ1) is 18.8. The summed E-state index contributed by atoms with van der Waals surface area (Å²) in [5.41, 5.74) is 3.08. The van der Waals surface area contributed by atoms with Crippen LogP contribution >= 0.6 is 0 Å². The van der Waals surface area contributed by atoms with E-state index < -0.39 is 0 Å². The first-order valence-electron chi connectivity index (χ1n) is 9.23. The number of nitrogens with zero attached hydrogens (tertiary/aromatic N) is 3. The summed E-state index contributed by atoms with van der Waals surface area (Å²) in [6.07, 6.45) is 6.76. The van der Waals surface area contributed by atoms with Crippen LogP contribution in [0.5, 0.6) is 5.75 Å². The third-order valence-electron chi connectivity index (χ3n) is 4.97. The summed E-state index contributed by atoms with van der Waals surface area (Å²) in [5, 5.41) is 12.2. The summed E-state index contributed by atoms with van der Waals surface area (Å²) < 4.78 is 6.13. The maximum atomic E-state index is 12.3. The Bertz CT molecular complexity index is 840. The number of benzene rings is 1. The van der Waals surface area contributed by atoms with E-state index in [9.17, 15) is 10.1 Å². The maximum Gasteiger partial charge on any atom is 0.254 e. The highest BCUT2D eigenvalue weighted by molar-refractivity contribution is 5.93. The molecule has 0 aliphatic heterocycles. The van der Waals surface area contributed by atoms with E-state index in [4.69, 9.17) is 4.74 Å². The van der Waals surface area contributed by atoms with Crippen molar-refractivity contribution in [3.05, 3.63) is 52.6 Å². The molecule has 1 aliphatic carbocycles. The van der Waals surface area contributed by atoms with Crippen LogP contribution in [0.3, 0.4) is 0 Å². The van der Waals surface area contributed by atoms with Crippen LogP contribution in [0.15, 0.2) is 24.5 Å². The molecule has 1 saturated carbocycles. The van der Waals surface area contributed by atoms with E-state index in [1.54, 1.807) is 19.3 Å². The Morgan fingerprint density at radius 2 is 1.70 bits per heavy atom. The fourth-order valence-corrected chi connectivity index (χ4v) is 3.46. The molecule has 0 spiro atoms. The zero-order chi connectivity index (χ0) is 19.4. The lowest BCUT2D eigenvalue weighted by molar-refractivity contribution is 0.0893. The quantitative estimate of drug-likeness (QED) is 0.898. The number of hydrogen-bond acceptors (Lipinski definition) is 5. The molecule has 6 heteroatoms. The minimum atomic E-state index is -0.127. The summed E-state index contributed by atoms with van der Waals surface area (Å²) in [5.74, 6) is 1.34. The fourth-order valence-electron chi connectivity index (χ4n) is 3.46. The highest BCUT2D eigenvalue weighted by Crippen LogP contribution is 2.27. The van der Waals surface area contributed by atoms with Gasteiger partial charge >= 0.3 is 0 Å². The molecule has 2 aromatic rings. The lowest BCUT2D eigenvalue weighted by atomic mass is 9.92. The Hall–Kier alpha value is -2.94. The molecule has 1 fully saturated rings. The van der Waals surface area contributed by atoms with Crippen LogP contribution in [-0.4, -0.2) is 28.0 Å².